The summed E-state index contributed by atoms with van der Waals surface area (Å²) < 4.78 is 0. The normalized spacial score (nSPS) is 33.6. The van der Waals surface area contributed by atoms with E-state index in [2.05, 4.69) is 6.58 Å². The highest BCUT2D eigenvalue weighted by Gasteiger charge is 2.34. The molecule has 1 unspecified atom stereocenters. The Hall–Kier alpha value is -0.380. The first kappa shape index (κ1) is 8.71. The van der Waals surface area contributed by atoms with Crippen LogP contribution in [0.4, 0.5) is 0 Å². The SMILES string of the molecule is C=CCC1(O)CCCCN1O. The van der Waals surface area contributed by atoms with E-state index in [4.69, 9.17) is 0 Å². The van der Waals surface area contributed by atoms with Gasteiger partial charge in [0.15, 0.2) is 0 Å². The van der Waals surface area contributed by atoms with Crippen molar-refractivity contribution < 1.29 is 10.3 Å². The maximum absolute atomic E-state index is 9.74. The predicted octanol–water partition coefficient (Wildman–Crippen LogP) is 1.13. The highest BCUT2D eigenvalue weighted by molar-refractivity contribution is 4.86. The summed E-state index contributed by atoms with van der Waals surface area (Å²) in [4.78, 5) is 0. The van der Waals surface area contributed by atoms with Gasteiger partial charge >= 0.3 is 0 Å². The van der Waals surface area contributed by atoms with Crippen molar-refractivity contribution in [3.8, 4) is 0 Å². The van der Waals surface area contributed by atoms with Crippen molar-refractivity contribution >= 4 is 0 Å². The Bertz CT molecular complexity index is 149. The minimum Gasteiger partial charge on any atom is -0.373 e. The van der Waals surface area contributed by atoms with Crippen LogP contribution in [0.2, 0.25) is 0 Å². The molecule has 1 saturated heterocycles. The van der Waals surface area contributed by atoms with Gasteiger partial charge < -0.3 is 10.3 Å². The lowest BCUT2D eigenvalue weighted by atomic mass is 9.97. The van der Waals surface area contributed by atoms with E-state index < -0.39 is 5.72 Å². The molecular weight excluding hydrogens is 142 g/mol. The van der Waals surface area contributed by atoms with Crippen LogP contribution >= 0.6 is 0 Å². The lowest BCUT2D eigenvalue weighted by Crippen LogP contribution is -2.49. The molecule has 11 heavy (non-hydrogen) atoms. The second kappa shape index (κ2) is 3.34. The van der Waals surface area contributed by atoms with Crippen LogP contribution in [0.5, 0.6) is 0 Å². The lowest BCUT2D eigenvalue weighted by Gasteiger charge is -2.38. The third kappa shape index (κ3) is 1.80. The molecule has 0 aromatic heterocycles. The zero-order valence-corrected chi connectivity index (χ0v) is 6.66. The molecule has 0 amide bonds. The van der Waals surface area contributed by atoms with Gasteiger partial charge in [0.05, 0.1) is 0 Å². The van der Waals surface area contributed by atoms with E-state index in [0.29, 0.717) is 19.4 Å². The van der Waals surface area contributed by atoms with E-state index in [1.54, 1.807) is 6.08 Å². The molecule has 1 rings (SSSR count). The second-order valence-electron chi connectivity index (χ2n) is 3.06. The topological polar surface area (TPSA) is 43.7 Å². The van der Waals surface area contributed by atoms with E-state index in [1.807, 2.05) is 0 Å². The van der Waals surface area contributed by atoms with Crippen molar-refractivity contribution in [2.24, 2.45) is 0 Å². The van der Waals surface area contributed by atoms with Crippen LogP contribution in [0.25, 0.3) is 0 Å². The predicted molar refractivity (Wildman–Crippen MR) is 42.1 cm³/mol. The Balaban J connectivity index is 2.56. The Morgan fingerprint density at radius 3 is 2.82 bits per heavy atom. The molecule has 3 nitrogen and oxygen atoms in total. The lowest BCUT2D eigenvalue weighted by molar-refractivity contribution is -0.275. The van der Waals surface area contributed by atoms with Gasteiger partial charge in [0.2, 0.25) is 0 Å². The molecule has 3 heteroatoms. The molecule has 1 fully saturated rings. The molecule has 0 bridgehead atoms. The molecule has 64 valence electrons. The summed E-state index contributed by atoms with van der Waals surface area (Å²) in [6.45, 7) is 4.10. The summed E-state index contributed by atoms with van der Waals surface area (Å²) in [5.74, 6) is 0. The van der Waals surface area contributed by atoms with Gasteiger partial charge in [-0.3, -0.25) is 0 Å². The van der Waals surface area contributed by atoms with E-state index in [9.17, 15) is 10.3 Å². The number of nitrogens with zero attached hydrogens (tertiary/aromatic N) is 1. The van der Waals surface area contributed by atoms with Gasteiger partial charge in [-0.2, -0.15) is 5.06 Å². The Morgan fingerprint density at radius 1 is 1.55 bits per heavy atom. The third-order valence-electron chi connectivity index (χ3n) is 2.15. The van der Waals surface area contributed by atoms with Crippen LogP contribution in [0, 0.1) is 0 Å². The van der Waals surface area contributed by atoms with Crippen molar-refractivity contribution in [3.05, 3.63) is 12.7 Å². The zero-order chi connectivity index (χ0) is 8.32. The number of aliphatic hydroxyl groups is 1. The molecule has 0 radical (unpaired) electrons. The van der Waals surface area contributed by atoms with Crippen molar-refractivity contribution in [1.82, 2.24) is 5.06 Å². The van der Waals surface area contributed by atoms with E-state index >= 15 is 0 Å². The zero-order valence-electron chi connectivity index (χ0n) is 6.66. The van der Waals surface area contributed by atoms with Crippen molar-refractivity contribution in [3.63, 3.8) is 0 Å². The highest BCUT2D eigenvalue weighted by atomic mass is 16.5. The van der Waals surface area contributed by atoms with E-state index in [-0.39, 0.29) is 0 Å². The van der Waals surface area contributed by atoms with Crippen LogP contribution in [-0.4, -0.2) is 27.6 Å². The molecule has 1 heterocycles. The number of hydroxylamine groups is 2. The van der Waals surface area contributed by atoms with Crippen molar-refractivity contribution in [2.45, 2.75) is 31.4 Å². The molecule has 2 N–H and O–H groups in total. The van der Waals surface area contributed by atoms with Crippen LogP contribution in [0.3, 0.4) is 0 Å². The monoisotopic (exact) mass is 157 g/mol. The van der Waals surface area contributed by atoms with Crippen LogP contribution in [0.15, 0.2) is 12.7 Å². The first-order valence-corrected chi connectivity index (χ1v) is 3.99. The summed E-state index contributed by atoms with van der Waals surface area (Å²) in [6, 6.07) is 0. The Labute approximate surface area is 66.9 Å². The van der Waals surface area contributed by atoms with Crippen LogP contribution < -0.4 is 0 Å². The van der Waals surface area contributed by atoms with Gasteiger partial charge in [0.25, 0.3) is 0 Å². The summed E-state index contributed by atoms with van der Waals surface area (Å²) >= 11 is 0. The fraction of sp³-hybridized carbons (Fsp3) is 0.750. The van der Waals surface area contributed by atoms with E-state index in [0.717, 1.165) is 17.9 Å². The van der Waals surface area contributed by atoms with Crippen molar-refractivity contribution in [2.75, 3.05) is 6.54 Å². The molecule has 0 spiro atoms. The van der Waals surface area contributed by atoms with Gasteiger partial charge in [-0.1, -0.05) is 6.08 Å². The fourth-order valence-electron chi connectivity index (χ4n) is 1.45. The van der Waals surface area contributed by atoms with Crippen LogP contribution in [0.1, 0.15) is 25.7 Å². The van der Waals surface area contributed by atoms with Gasteiger partial charge in [-0.15, -0.1) is 6.58 Å². The maximum Gasteiger partial charge on any atom is 0.143 e. The van der Waals surface area contributed by atoms with E-state index in [1.165, 1.54) is 0 Å². The minimum atomic E-state index is -1.04. The fourth-order valence-corrected chi connectivity index (χ4v) is 1.45. The Morgan fingerprint density at radius 2 is 2.27 bits per heavy atom. The number of hydrogen-bond acceptors (Lipinski definition) is 3. The molecular formula is C8H15NO2. The average molecular weight is 157 g/mol. The van der Waals surface area contributed by atoms with Crippen LogP contribution in [-0.2, 0) is 0 Å². The number of piperidine rings is 1. The van der Waals surface area contributed by atoms with Crippen molar-refractivity contribution in [1.29, 1.82) is 0 Å². The summed E-state index contributed by atoms with van der Waals surface area (Å²) in [5, 5.41) is 20.1. The van der Waals surface area contributed by atoms with Gasteiger partial charge in [0, 0.05) is 13.0 Å². The summed E-state index contributed by atoms with van der Waals surface area (Å²) in [5.41, 5.74) is -1.04. The number of hydrogen-bond donors (Lipinski definition) is 2. The first-order valence-electron chi connectivity index (χ1n) is 3.99. The Kier molecular flexibility index (Phi) is 2.65. The third-order valence-corrected chi connectivity index (χ3v) is 2.15. The quantitative estimate of drug-likeness (QED) is 0.590. The average Bonchev–Trinajstić information content (AvgIpc) is 1.96. The molecule has 0 aliphatic carbocycles. The summed E-state index contributed by atoms with van der Waals surface area (Å²) in [6.07, 6.45) is 4.63. The van der Waals surface area contributed by atoms with Gasteiger partial charge in [-0.25, -0.2) is 0 Å². The minimum absolute atomic E-state index is 0.434. The highest BCUT2D eigenvalue weighted by Crippen LogP contribution is 2.26. The smallest absolute Gasteiger partial charge is 0.143 e. The standard InChI is InChI=1S/C8H15NO2/c1-2-5-8(10)6-3-4-7-9(8)11/h2,10-11H,1,3-7H2. The second-order valence-corrected chi connectivity index (χ2v) is 3.06. The van der Waals surface area contributed by atoms with Gasteiger partial charge in [-0.05, 0) is 19.3 Å². The molecule has 0 aromatic carbocycles. The number of rotatable bonds is 2. The first-order chi connectivity index (χ1) is 5.19. The molecule has 0 saturated carbocycles. The molecule has 1 aliphatic rings. The molecule has 1 atom stereocenters. The van der Waals surface area contributed by atoms with Gasteiger partial charge in [0.1, 0.15) is 5.72 Å². The maximum atomic E-state index is 9.74. The molecule has 1 aliphatic heterocycles. The largest absolute Gasteiger partial charge is 0.373 e. The molecule has 0 aromatic rings. The summed E-state index contributed by atoms with van der Waals surface area (Å²) in [7, 11) is 0.